The highest BCUT2D eigenvalue weighted by Gasteiger charge is 2.21. The van der Waals surface area contributed by atoms with Gasteiger partial charge in [0.1, 0.15) is 11.6 Å². The minimum Gasteiger partial charge on any atom is -0.299 e. The molecule has 0 aliphatic rings. The van der Waals surface area contributed by atoms with Crippen LogP contribution < -0.4 is 0 Å². The predicted molar refractivity (Wildman–Crippen MR) is 76.7 cm³/mol. The first kappa shape index (κ1) is 17.3. The van der Waals surface area contributed by atoms with Gasteiger partial charge in [0.2, 0.25) is 0 Å². The van der Waals surface area contributed by atoms with Gasteiger partial charge in [-0.15, -0.1) is 0 Å². The lowest BCUT2D eigenvalue weighted by Crippen LogP contribution is -2.21. The van der Waals surface area contributed by atoms with Crippen molar-refractivity contribution < 1.29 is 9.59 Å². The van der Waals surface area contributed by atoms with E-state index in [1.165, 1.54) is 32.1 Å². The molecule has 2 nitrogen and oxygen atoms in total. The van der Waals surface area contributed by atoms with Crippen LogP contribution in [0.4, 0.5) is 0 Å². The molecule has 0 bridgehead atoms. The van der Waals surface area contributed by atoms with Crippen LogP contribution in [0.1, 0.15) is 85.0 Å². The van der Waals surface area contributed by atoms with Crippen molar-refractivity contribution in [3.8, 4) is 0 Å². The smallest absolute Gasteiger partial charge is 0.143 e. The Morgan fingerprint density at radius 1 is 0.833 bits per heavy atom. The van der Waals surface area contributed by atoms with Crippen molar-refractivity contribution in [1.82, 2.24) is 0 Å². The summed E-state index contributed by atoms with van der Waals surface area (Å²) in [6.07, 6.45) is 10.7. The molecule has 0 saturated carbocycles. The van der Waals surface area contributed by atoms with Crippen molar-refractivity contribution >= 4 is 11.6 Å². The fourth-order valence-electron chi connectivity index (χ4n) is 2.31. The normalized spacial score (nSPS) is 12.4. The standard InChI is InChI=1S/C16H30O2/c1-4-6-7-8-9-10-11-13-16(18)15(12-5-2)14(3)17/h15H,4-13H2,1-3H3. The predicted octanol–water partition coefficient (Wildman–Crippen LogP) is 4.70. The van der Waals surface area contributed by atoms with Gasteiger partial charge in [0.15, 0.2) is 0 Å². The molecule has 0 aliphatic heterocycles. The lowest BCUT2D eigenvalue weighted by Gasteiger charge is -2.11. The molecule has 0 rings (SSSR count). The Labute approximate surface area is 113 Å². The zero-order chi connectivity index (χ0) is 13.8. The van der Waals surface area contributed by atoms with Gasteiger partial charge >= 0.3 is 0 Å². The molecule has 0 aliphatic carbocycles. The summed E-state index contributed by atoms with van der Waals surface area (Å²) >= 11 is 0. The fraction of sp³-hybridized carbons (Fsp3) is 0.875. The Balaban J connectivity index is 3.64. The quantitative estimate of drug-likeness (QED) is 0.373. The molecule has 0 heterocycles. The Morgan fingerprint density at radius 3 is 1.89 bits per heavy atom. The summed E-state index contributed by atoms with van der Waals surface area (Å²) in [5, 5.41) is 0. The van der Waals surface area contributed by atoms with Gasteiger partial charge in [-0.25, -0.2) is 0 Å². The first-order valence-electron chi connectivity index (χ1n) is 7.66. The zero-order valence-electron chi connectivity index (χ0n) is 12.5. The highest BCUT2D eigenvalue weighted by atomic mass is 16.1. The average molecular weight is 254 g/mol. The van der Waals surface area contributed by atoms with Gasteiger partial charge in [-0.1, -0.05) is 58.8 Å². The van der Waals surface area contributed by atoms with Crippen LogP contribution in [0.2, 0.25) is 0 Å². The van der Waals surface area contributed by atoms with Crippen LogP contribution in [-0.2, 0) is 9.59 Å². The van der Waals surface area contributed by atoms with Crippen molar-refractivity contribution in [3.05, 3.63) is 0 Å². The number of Topliss-reactive ketones (excluding diaryl/α,β-unsaturated/α-hetero) is 2. The maximum Gasteiger partial charge on any atom is 0.143 e. The van der Waals surface area contributed by atoms with E-state index in [2.05, 4.69) is 6.92 Å². The van der Waals surface area contributed by atoms with Crippen molar-refractivity contribution in [2.45, 2.75) is 85.0 Å². The van der Waals surface area contributed by atoms with Crippen molar-refractivity contribution in [3.63, 3.8) is 0 Å². The molecule has 1 unspecified atom stereocenters. The van der Waals surface area contributed by atoms with Crippen LogP contribution in [0.5, 0.6) is 0 Å². The molecule has 0 aromatic carbocycles. The van der Waals surface area contributed by atoms with E-state index in [0.29, 0.717) is 6.42 Å². The molecule has 0 radical (unpaired) electrons. The first-order chi connectivity index (χ1) is 8.63. The van der Waals surface area contributed by atoms with Crippen LogP contribution >= 0.6 is 0 Å². The monoisotopic (exact) mass is 254 g/mol. The number of hydrogen-bond acceptors (Lipinski definition) is 2. The molecule has 2 heteroatoms. The van der Waals surface area contributed by atoms with E-state index in [0.717, 1.165) is 25.7 Å². The molecule has 0 fully saturated rings. The molecule has 1 atom stereocenters. The summed E-state index contributed by atoms with van der Waals surface area (Å²) in [6, 6.07) is 0. The second-order valence-corrected chi connectivity index (χ2v) is 5.29. The van der Waals surface area contributed by atoms with Gasteiger partial charge in [-0.05, 0) is 19.8 Å². The lowest BCUT2D eigenvalue weighted by atomic mass is 9.91. The molecule has 0 aromatic heterocycles. The number of unbranched alkanes of at least 4 members (excludes halogenated alkanes) is 6. The van der Waals surface area contributed by atoms with Crippen LogP contribution in [0, 0.1) is 5.92 Å². The van der Waals surface area contributed by atoms with E-state index in [1.807, 2.05) is 6.92 Å². The third-order valence-corrected chi connectivity index (χ3v) is 3.48. The highest BCUT2D eigenvalue weighted by molar-refractivity contribution is 6.01. The lowest BCUT2D eigenvalue weighted by molar-refractivity contribution is -0.132. The maximum absolute atomic E-state index is 11.9. The Hall–Kier alpha value is -0.660. The SMILES string of the molecule is CCCCCCCCCC(=O)C(CCC)C(C)=O. The summed E-state index contributed by atoms with van der Waals surface area (Å²) in [4.78, 5) is 23.3. The van der Waals surface area contributed by atoms with Gasteiger partial charge in [-0.3, -0.25) is 9.59 Å². The molecular formula is C16H30O2. The summed E-state index contributed by atoms with van der Waals surface area (Å²) in [6.45, 7) is 5.79. The molecule has 0 N–H and O–H groups in total. The molecular weight excluding hydrogens is 224 g/mol. The van der Waals surface area contributed by atoms with E-state index in [9.17, 15) is 9.59 Å². The fourth-order valence-corrected chi connectivity index (χ4v) is 2.31. The molecule has 0 amide bonds. The number of hydrogen-bond donors (Lipinski definition) is 0. The van der Waals surface area contributed by atoms with E-state index < -0.39 is 0 Å². The molecule has 0 spiro atoms. The summed E-state index contributed by atoms with van der Waals surface area (Å²) < 4.78 is 0. The average Bonchev–Trinajstić information content (AvgIpc) is 2.34. The maximum atomic E-state index is 11.9. The summed E-state index contributed by atoms with van der Waals surface area (Å²) in [7, 11) is 0. The molecule has 106 valence electrons. The number of carbonyl (C=O) groups excluding carboxylic acids is 2. The summed E-state index contributed by atoms with van der Waals surface area (Å²) in [5.74, 6) is -0.113. The van der Waals surface area contributed by atoms with Gasteiger partial charge in [0.05, 0.1) is 5.92 Å². The van der Waals surface area contributed by atoms with Gasteiger partial charge in [0, 0.05) is 6.42 Å². The van der Waals surface area contributed by atoms with Crippen molar-refractivity contribution in [1.29, 1.82) is 0 Å². The second-order valence-electron chi connectivity index (χ2n) is 5.29. The van der Waals surface area contributed by atoms with Gasteiger partial charge in [-0.2, -0.15) is 0 Å². The van der Waals surface area contributed by atoms with Crippen LogP contribution in [0.25, 0.3) is 0 Å². The van der Waals surface area contributed by atoms with Crippen LogP contribution in [0.15, 0.2) is 0 Å². The van der Waals surface area contributed by atoms with Crippen LogP contribution in [-0.4, -0.2) is 11.6 Å². The molecule has 0 saturated heterocycles. The number of rotatable bonds is 12. The minimum absolute atomic E-state index is 0.0461. The van der Waals surface area contributed by atoms with E-state index in [-0.39, 0.29) is 17.5 Å². The Kier molecular flexibility index (Phi) is 11.0. The van der Waals surface area contributed by atoms with E-state index in [1.54, 1.807) is 6.92 Å². The van der Waals surface area contributed by atoms with E-state index in [4.69, 9.17) is 0 Å². The summed E-state index contributed by atoms with van der Waals surface area (Å²) in [5.41, 5.74) is 0. The molecule has 0 aromatic rings. The second kappa shape index (κ2) is 11.4. The molecule has 18 heavy (non-hydrogen) atoms. The van der Waals surface area contributed by atoms with Gasteiger partial charge in [0.25, 0.3) is 0 Å². The topological polar surface area (TPSA) is 34.1 Å². The Morgan fingerprint density at radius 2 is 1.39 bits per heavy atom. The zero-order valence-corrected chi connectivity index (χ0v) is 12.5. The van der Waals surface area contributed by atoms with E-state index >= 15 is 0 Å². The van der Waals surface area contributed by atoms with Crippen molar-refractivity contribution in [2.24, 2.45) is 5.92 Å². The first-order valence-corrected chi connectivity index (χ1v) is 7.66. The Bertz CT molecular complexity index is 233. The third kappa shape index (κ3) is 8.43. The largest absolute Gasteiger partial charge is 0.299 e. The van der Waals surface area contributed by atoms with Gasteiger partial charge < -0.3 is 0 Å². The third-order valence-electron chi connectivity index (χ3n) is 3.48. The minimum atomic E-state index is -0.324. The van der Waals surface area contributed by atoms with Crippen LogP contribution in [0.3, 0.4) is 0 Å². The number of ketones is 2. The number of carbonyl (C=O) groups is 2. The highest BCUT2D eigenvalue weighted by Crippen LogP contribution is 2.15. The van der Waals surface area contributed by atoms with Crippen molar-refractivity contribution in [2.75, 3.05) is 0 Å².